The molecule has 0 aliphatic carbocycles. The number of ether oxygens (including phenoxy) is 1. The average molecular weight is 470 g/mol. The van der Waals surface area contributed by atoms with Gasteiger partial charge in [-0.2, -0.15) is 0 Å². The third kappa shape index (κ3) is 10.4. The van der Waals surface area contributed by atoms with Gasteiger partial charge in [0, 0.05) is 37.3 Å². The molecule has 0 saturated heterocycles. The number of unbranched alkanes of at least 4 members (excludes halogenated alkanes) is 3. The first-order valence-corrected chi connectivity index (χ1v) is 11.7. The third-order valence-corrected chi connectivity index (χ3v) is 5.03. The summed E-state index contributed by atoms with van der Waals surface area (Å²) < 4.78 is 5.32. The first-order chi connectivity index (χ1) is 16.3. The number of hydrogen-bond acceptors (Lipinski definition) is 5. The second kappa shape index (κ2) is 14.6. The van der Waals surface area contributed by atoms with E-state index in [-0.39, 0.29) is 36.6 Å². The lowest BCUT2D eigenvalue weighted by Gasteiger charge is -2.23. The highest BCUT2D eigenvalue weighted by atomic mass is 16.6. The van der Waals surface area contributed by atoms with Crippen LogP contribution in [0, 0.1) is 0 Å². The molecule has 184 valence electrons. The van der Waals surface area contributed by atoms with Crippen LogP contribution in [-0.2, 0) is 9.53 Å². The van der Waals surface area contributed by atoms with Gasteiger partial charge in [-0.3, -0.25) is 9.59 Å². The molecule has 0 saturated carbocycles. The van der Waals surface area contributed by atoms with Crippen LogP contribution in [0.5, 0.6) is 5.75 Å². The highest BCUT2D eigenvalue weighted by Crippen LogP contribution is 2.14. The van der Waals surface area contributed by atoms with Gasteiger partial charge in [-0.05, 0) is 63.1 Å². The van der Waals surface area contributed by atoms with Crippen molar-refractivity contribution in [1.29, 1.82) is 0 Å². The van der Waals surface area contributed by atoms with Crippen LogP contribution in [0.2, 0.25) is 0 Å². The van der Waals surface area contributed by atoms with Crippen molar-refractivity contribution in [1.82, 2.24) is 10.2 Å². The van der Waals surface area contributed by atoms with Gasteiger partial charge in [0.15, 0.2) is 0 Å². The average Bonchev–Trinajstić information content (AvgIpc) is 2.81. The highest BCUT2D eigenvalue weighted by Gasteiger charge is 2.17. The van der Waals surface area contributed by atoms with E-state index in [1.807, 2.05) is 18.2 Å². The van der Waals surface area contributed by atoms with Crippen LogP contribution < -0.4 is 10.6 Å². The molecule has 8 heteroatoms. The van der Waals surface area contributed by atoms with E-state index in [9.17, 15) is 19.5 Å². The number of rotatable bonds is 13. The van der Waals surface area contributed by atoms with Crippen LogP contribution in [0.15, 0.2) is 54.6 Å². The number of carbonyl (C=O) groups is 3. The van der Waals surface area contributed by atoms with Crippen LogP contribution in [0.3, 0.4) is 0 Å². The summed E-state index contributed by atoms with van der Waals surface area (Å²) in [5, 5.41) is 15.0. The number of phenols is 1. The number of benzene rings is 2. The maximum Gasteiger partial charge on any atom is 0.410 e. The number of nitrogens with zero attached hydrogens (tertiary/aromatic N) is 1. The monoisotopic (exact) mass is 469 g/mol. The van der Waals surface area contributed by atoms with E-state index in [0.29, 0.717) is 24.3 Å². The van der Waals surface area contributed by atoms with Gasteiger partial charge in [-0.25, -0.2) is 4.79 Å². The van der Waals surface area contributed by atoms with Gasteiger partial charge in [0.2, 0.25) is 5.91 Å². The SMILES string of the molecule is CC(C)OC(=O)N(CCCCCCNC(=O)c1ccccc1)CCC(=O)Nc1ccc(O)cc1. The normalized spacial score (nSPS) is 10.6. The number of phenolic OH excluding ortho intramolecular Hbond substituents is 1. The summed E-state index contributed by atoms with van der Waals surface area (Å²) in [6, 6.07) is 15.3. The number of amides is 3. The van der Waals surface area contributed by atoms with Crippen LogP contribution in [0.4, 0.5) is 10.5 Å². The molecule has 0 bridgehead atoms. The summed E-state index contributed by atoms with van der Waals surface area (Å²) in [5.41, 5.74) is 1.23. The number of aromatic hydroxyl groups is 1. The highest BCUT2D eigenvalue weighted by molar-refractivity contribution is 5.94. The topological polar surface area (TPSA) is 108 Å². The summed E-state index contributed by atoms with van der Waals surface area (Å²) in [6.07, 6.45) is 2.91. The van der Waals surface area contributed by atoms with E-state index in [1.165, 1.54) is 12.1 Å². The zero-order valence-electron chi connectivity index (χ0n) is 20.0. The zero-order valence-corrected chi connectivity index (χ0v) is 20.0. The second-order valence-corrected chi connectivity index (χ2v) is 8.30. The van der Waals surface area contributed by atoms with Gasteiger partial charge in [0.05, 0.1) is 6.10 Å². The number of hydrogen-bond donors (Lipinski definition) is 3. The maximum absolute atomic E-state index is 12.4. The Hall–Kier alpha value is -3.55. The lowest BCUT2D eigenvalue weighted by molar-refractivity contribution is -0.116. The third-order valence-electron chi connectivity index (χ3n) is 5.03. The summed E-state index contributed by atoms with van der Waals surface area (Å²) in [6.45, 7) is 4.93. The van der Waals surface area contributed by atoms with E-state index in [4.69, 9.17) is 4.74 Å². The Morgan fingerprint density at radius 2 is 1.59 bits per heavy atom. The van der Waals surface area contributed by atoms with Crippen LogP contribution >= 0.6 is 0 Å². The molecule has 0 atom stereocenters. The Kier molecular flexibility index (Phi) is 11.4. The molecule has 0 aromatic heterocycles. The Morgan fingerprint density at radius 3 is 2.26 bits per heavy atom. The molecule has 0 spiro atoms. The lowest BCUT2D eigenvalue weighted by atomic mass is 10.1. The molecule has 8 nitrogen and oxygen atoms in total. The van der Waals surface area contributed by atoms with Crippen molar-refractivity contribution in [2.24, 2.45) is 0 Å². The van der Waals surface area contributed by atoms with Crippen molar-refractivity contribution in [3.63, 3.8) is 0 Å². The molecule has 0 radical (unpaired) electrons. The molecule has 0 fully saturated rings. The predicted octanol–water partition coefficient (Wildman–Crippen LogP) is 4.56. The van der Waals surface area contributed by atoms with Gasteiger partial charge in [0.1, 0.15) is 5.75 Å². The van der Waals surface area contributed by atoms with Crippen molar-refractivity contribution >= 4 is 23.6 Å². The van der Waals surface area contributed by atoms with Crippen molar-refractivity contribution in [2.75, 3.05) is 25.0 Å². The Bertz CT molecular complexity index is 900. The largest absolute Gasteiger partial charge is 0.508 e. The van der Waals surface area contributed by atoms with Crippen LogP contribution in [0.1, 0.15) is 56.3 Å². The Morgan fingerprint density at radius 1 is 0.912 bits per heavy atom. The fraction of sp³-hybridized carbons (Fsp3) is 0.423. The molecule has 0 aliphatic rings. The van der Waals surface area contributed by atoms with Crippen LogP contribution in [-0.4, -0.2) is 53.7 Å². The second-order valence-electron chi connectivity index (χ2n) is 8.30. The van der Waals surface area contributed by atoms with Crippen molar-refractivity contribution in [2.45, 2.75) is 52.1 Å². The summed E-state index contributed by atoms with van der Waals surface area (Å²) in [7, 11) is 0. The molecular formula is C26H35N3O5. The molecule has 2 aromatic rings. The van der Waals surface area contributed by atoms with E-state index < -0.39 is 6.09 Å². The number of nitrogens with one attached hydrogen (secondary N) is 2. The van der Waals surface area contributed by atoms with Crippen molar-refractivity contribution in [3.05, 3.63) is 60.2 Å². The smallest absolute Gasteiger partial charge is 0.410 e. The minimum atomic E-state index is -0.428. The summed E-state index contributed by atoms with van der Waals surface area (Å²) in [5.74, 6) is -0.171. The summed E-state index contributed by atoms with van der Waals surface area (Å²) in [4.78, 5) is 38.3. The minimum Gasteiger partial charge on any atom is -0.508 e. The van der Waals surface area contributed by atoms with E-state index in [2.05, 4.69) is 10.6 Å². The minimum absolute atomic E-state index is 0.0752. The fourth-order valence-corrected chi connectivity index (χ4v) is 3.25. The van der Waals surface area contributed by atoms with E-state index in [0.717, 1.165) is 25.7 Å². The standard InChI is InChI=1S/C26H35N3O5/c1-20(2)34-26(33)29(19-16-24(31)28-22-12-14-23(30)15-13-22)18-9-4-3-8-17-27-25(32)21-10-6-5-7-11-21/h5-7,10-15,20,30H,3-4,8-9,16-19H2,1-2H3,(H,27,32)(H,28,31). The first kappa shape index (κ1) is 26.7. The van der Waals surface area contributed by atoms with Gasteiger partial charge in [-0.15, -0.1) is 0 Å². The van der Waals surface area contributed by atoms with Gasteiger partial charge in [0.25, 0.3) is 5.91 Å². The van der Waals surface area contributed by atoms with Gasteiger partial charge >= 0.3 is 6.09 Å². The molecule has 2 rings (SSSR count). The van der Waals surface area contributed by atoms with Crippen molar-refractivity contribution in [3.8, 4) is 5.75 Å². The summed E-state index contributed by atoms with van der Waals surface area (Å²) >= 11 is 0. The molecule has 34 heavy (non-hydrogen) atoms. The van der Waals surface area contributed by atoms with E-state index in [1.54, 1.807) is 43.0 Å². The molecule has 0 heterocycles. The Labute approximate surface area is 201 Å². The number of anilines is 1. The predicted molar refractivity (Wildman–Crippen MR) is 132 cm³/mol. The zero-order chi connectivity index (χ0) is 24.8. The molecule has 3 amide bonds. The first-order valence-electron chi connectivity index (χ1n) is 11.7. The van der Waals surface area contributed by atoms with Crippen LogP contribution in [0.25, 0.3) is 0 Å². The van der Waals surface area contributed by atoms with Gasteiger partial charge in [-0.1, -0.05) is 31.0 Å². The lowest BCUT2D eigenvalue weighted by Crippen LogP contribution is -2.36. The molecule has 0 unspecified atom stereocenters. The molecule has 3 N–H and O–H groups in total. The fourth-order valence-electron chi connectivity index (χ4n) is 3.25. The maximum atomic E-state index is 12.4. The van der Waals surface area contributed by atoms with Gasteiger partial charge < -0.3 is 25.4 Å². The molecule has 2 aromatic carbocycles. The Balaban J connectivity index is 1.69. The molecule has 0 aliphatic heterocycles. The molecular weight excluding hydrogens is 434 g/mol. The van der Waals surface area contributed by atoms with E-state index >= 15 is 0 Å². The quantitative estimate of drug-likeness (QED) is 0.294. The van der Waals surface area contributed by atoms with Crippen molar-refractivity contribution < 1.29 is 24.2 Å². The number of carbonyl (C=O) groups excluding carboxylic acids is 3.